The van der Waals surface area contributed by atoms with Crippen molar-refractivity contribution in [2.75, 3.05) is 26.6 Å². The number of methoxy groups -OCH3 is 3. The first-order chi connectivity index (χ1) is 13.1. The summed E-state index contributed by atoms with van der Waals surface area (Å²) in [6.45, 7) is 0. The summed E-state index contributed by atoms with van der Waals surface area (Å²) in [6, 6.07) is 7.36. The van der Waals surface area contributed by atoms with Crippen LogP contribution in [0.25, 0.3) is 5.52 Å². The quantitative estimate of drug-likeness (QED) is 0.698. The van der Waals surface area contributed by atoms with Crippen LogP contribution >= 0.6 is 0 Å². The minimum Gasteiger partial charge on any atom is -0.491 e. The second kappa shape index (κ2) is 6.27. The number of hydrogen-bond donors (Lipinski definition) is 1. The highest BCUT2D eigenvalue weighted by molar-refractivity contribution is 6.06. The number of ether oxygens (including phenoxy) is 3. The maximum Gasteiger partial charge on any atom is 0.360 e. The molecule has 9 heteroatoms. The van der Waals surface area contributed by atoms with Crippen LogP contribution in [-0.4, -0.2) is 47.8 Å². The molecule has 9 nitrogen and oxygen atoms in total. The van der Waals surface area contributed by atoms with Gasteiger partial charge in [-0.15, -0.1) is 0 Å². The predicted octanol–water partition coefficient (Wildman–Crippen LogP) is 1.62. The molecule has 1 N–H and O–H groups in total. The lowest BCUT2D eigenvalue weighted by Crippen LogP contribution is -2.17. The third-order valence-electron chi connectivity index (χ3n) is 4.52. The zero-order valence-corrected chi connectivity index (χ0v) is 14.8. The fraction of sp³-hybridized carbons (Fsp3) is 0.222. The number of fused-ring (bicyclic) bond motifs is 2. The van der Waals surface area contributed by atoms with E-state index in [4.69, 9.17) is 14.2 Å². The summed E-state index contributed by atoms with van der Waals surface area (Å²) in [6.07, 6.45) is 1.28. The fourth-order valence-electron chi connectivity index (χ4n) is 3.41. The van der Waals surface area contributed by atoms with Crippen LogP contribution in [-0.2, 0) is 9.53 Å². The van der Waals surface area contributed by atoms with Gasteiger partial charge in [-0.05, 0) is 11.6 Å². The summed E-state index contributed by atoms with van der Waals surface area (Å²) in [4.78, 5) is 29.3. The number of nitrogens with one attached hydrogen (secondary N) is 1. The summed E-state index contributed by atoms with van der Waals surface area (Å²) in [5.41, 5.74) is 2.33. The van der Waals surface area contributed by atoms with Gasteiger partial charge in [-0.2, -0.15) is 5.10 Å². The van der Waals surface area contributed by atoms with Gasteiger partial charge >= 0.3 is 5.97 Å². The molecule has 1 aliphatic rings. The normalized spacial score (nSPS) is 15.4. The number of carbonyl (C=O) groups is 2. The SMILES string of the molecule is COC(=O)c1c(OC)c(OC)c2c(C3C(=O)Nc4ccccc43)ncnn12. The maximum atomic E-state index is 12.7. The van der Waals surface area contributed by atoms with Gasteiger partial charge in [-0.25, -0.2) is 14.3 Å². The zero-order valence-electron chi connectivity index (χ0n) is 14.8. The molecule has 1 aliphatic heterocycles. The highest BCUT2D eigenvalue weighted by Crippen LogP contribution is 2.44. The molecule has 3 heterocycles. The molecule has 1 aromatic carbocycles. The molecule has 138 valence electrons. The number of rotatable bonds is 4. The lowest BCUT2D eigenvalue weighted by atomic mass is 9.96. The lowest BCUT2D eigenvalue weighted by molar-refractivity contribution is -0.116. The Bertz CT molecular complexity index is 1080. The summed E-state index contributed by atoms with van der Waals surface area (Å²) in [5, 5.41) is 7.00. The molecule has 0 spiro atoms. The van der Waals surface area contributed by atoms with Crippen molar-refractivity contribution in [1.82, 2.24) is 14.6 Å². The molecule has 1 amide bonds. The van der Waals surface area contributed by atoms with Crippen LogP contribution in [0.15, 0.2) is 30.6 Å². The van der Waals surface area contributed by atoms with E-state index < -0.39 is 11.9 Å². The molecule has 1 atom stereocenters. The molecule has 0 radical (unpaired) electrons. The Labute approximate surface area is 153 Å². The predicted molar refractivity (Wildman–Crippen MR) is 94.3 cm³/mol. The van der Waals surface area contributed by atoms with Gasteiger partial charge in [0.25, 0.3) is 0 Å². The van der Waals surface area contributed by atoms with Crippen LogP contribution < -0.4 is 14.8 Å². The number of carbonyl (C=O) groups excluding carboxylic acids is 2. The van der Waals surface area contributed by atoms with Crippen molar-refractivity contribution < 1.29 is 23.8 Å². The first-order valence-electron chi connectivity index (χ1n) is 8.08. The van der Waals surface area contributed by atoms with Gasteiger partial charge in [0.2, 0.25) is 5.91 Å². The van der Waals surface area contributed by atoms with E-state index in [1.54, 1.807) is 0 Å². The monoisotopic (exact) mass is 368 g/mol. The molecular formula is C18H16N4O5. The van der Waals surface area contributed by atoms with E-state index in [9.17, 15) is 9.59 Å². The van der Waals surface area contributed by atoms with Crippen LogP contribution in [0.2, 0.25) is 0 Å². The van der Waals surface area contributed by atoms with E-state index in [0.29, 0.717) is 11.2 Å². The third-order valence-corrected chi connectivity index (χ3v) is 4.52. The number of nitrogens with zero attached hydrogens (tertiary/aromatic N) is 3. The molecule has 27 heavy (non-hydrogen) atoms. The fourth-order valence-corrected chi connectivity index (χ4v) is 3.41. The molecule has 0 saturated heterocycles. The summed E-state index contributed by atoms with van der Waals surface area (Å²) in [7, 11) is 4.11. The largest absolute Gasteiger partial charge is 0.491 e. The Morgan fingerprint density at radius 2 is 1.89 bits per heavy atom. The Kier molecular flexibility index (Phi) is 3.91. The highest BCUT2D eigenvalue weighted by Gasteiger charge is 2.38. The standard InChI is InChI=1S/C18H16N4O5/c1-25-15-13-12(11-9-6-4-5-7-10(9)21-17(11)23)19-8-20-22(13)14(16(15)26-2)18(24)27-3/h4-8,11H,1-3H3,(H,21,23). The first-order valence-corrected chi connectivity index (χ1v) is 8.08. The molecule has 0 fully saturated rings. The molecule has 0 saturated carbocycles. The van der Waals surface area contributed by atoms with Crippen molar-refractivity contribution in [2.24, 2.45) is 0 Å². The second-order valence-corrected chi connectivity index (χ2v) is 5.82. The molecule has 0 bridgehead atoms. The number of para-hydroxylation sites is 1. The van der Waals surface area contributed by atoms with E-state index in [2.05, 4.69) is 15.4 Å². The summed E-state index contributed by atoms with van der Waals surface area (Å²) in [5.74, 6) is -1.13. The molecule has 1 unspecified atom stereocenters. The number of hydrogen-bond acceptors (Lipinski definition) is 7. The lowest BCUT2D eigenvalue weighted by Gasteiger charge is -2.11. The number of benzene rings is 1. The smallest absolute Gasteiger partial charge is 0.360 e. The van der Waals surface area contributed by atoms with E-state index in [1.165, 1.54) is 32.2 Å². The average molecular weight is 368 g/mol. The van der Waals surface area contributed by atoms with Crippen molar-refractivity contribution in [2.45, 2.75) is 5.92 Å². The second-order valence-electron chi connectivity index (χ2n) is 5.82. The van der Waals surface area contributed by atoms with E-state index in [-0.39, 0.29) is 23.1 Å². The molecule has 3 aromatic rings. The molecule has 2 aromatic heterocycles. The van der Waals surface area contributed by atoms with E-state index in [0.717, 1.165) is 11.3 Å². The van der Waals surface area contributed by atoms with Gasteiger partial charge in [0.05, 0.1) is 27.0 Å². The Morgan fingerprint density at radius 1 is 1.15 bits per heavy atom. The van der Waals surface area contributed by atoms with Crippen LogP contribution in [0.5, 0.6) is 11.5 Å². The Hall–Kier alpha value is -3.62. The van der Waals surface area contributed by atoms with Crippen molar-refractivity contribution in [3.05, 3.63) is 47.5 Å². The topological polar surface area (TPSA) is 104 Å². The van der Waals surface area contributed by atoms with Gasteiger partial charge in [-0.1, -0.05) is 18.2 Å². The minimum absolute atomic E-state index is 0.0576. The zero-order chi connectivity index (χ0) is 19.1. The first kappa shape index (κ1) is 16.8. The maximum absolute atomic E-state index is 12.7. The minimum atomic E-state index is -0.675. The van der Waals surface area contributed by atoms with Crippen molar-refractivity contribution in [3.63, 3.8) is 0 Å². The molecule has 0 aliphatic carbocycles. The van der Waals surface area contributed by atoms with Crippen molar-refractivity contribution >= 4 is 23.1 Å². The van der Waals surface area contributed by atoms with Gasteiger partial charge in [0, 0.05) is 5.69 Å². The van der Waals surface area contributed by atoms with Gasteiger partial charge < -0.3 is 19.5 Å². The molecule has 4 rings (SSSR count). The van der Waals surface area contributed by atoms with Crippen LogP contribution in [0.1, 0.15) is 27.7 Å². The average Bonchev–Trinajstić information content (AvgIpc) is 3.20. The summed E-state index contributed by atoms with van der Waals surface area (Å²) < 4.78 is 17.0. The number of esters is 1. The van der Waals surface area contributed by atoms with Crippen LogP contribution in [0.4, 0.5) is 5.69 Å². The number of aromatic nitrogens is 3. The highest BCUT2D eigenvalue weighted by atomic mass is 16.5. The van der Waals surface area contributed by atoms with E-state index in [1.807, 2.05) is 24.3 Å². The van der Waals surface area contributed by atoms with Crippen LogP contribution in [0, 0.1) is 0 Å². The van der Waals surface area contributed by atoms with Crippen LogP contribution in [0.3, 0.4) is 0 Å². The Morgan fingerprint density at radius 3 is 2.59 bits per heavy atom. The molecular weight excluding hydrogens is 352 g/mol. The number of anilines is 1. The van der Waals surface area contributed by atoms with Gasteiger partial charge in [0.15, 0.2) is 17.2 Å². The van der Waals surface area contributed by atoms with E-state index >= 15 is 0 Å². The van der Waals surface area contributed by atoms with Crippen molar-refractivity contribution in [1.29, 1.82) is 0 Å². The number of amides is 1. The summed E-state index contributed by atoms with van der Waals surface area (Å²) >= 11 is 0. The van der Waals surface area contributed by atoms with Crippen molar-refractivity contribution in [3.8, 4) is 11.5 Å². The van der Waals surface area contributed by atoms with Gasteiger partial charge in [-0.3, -0.25) is 4.79 Å². The van der Waals surface area contributed by atoms with Gasteiger partial charge in [0.1, 0.15) is 17.8 Å². The Balaban J connectivity index is 2.05. The third kappa shape index (κ3) is 2.31.